The molecule has 0 amide bonds. The lowest BCUT2D eigenvalue weighted by Gasteiger charge is -2.28. The van der Waals surface area contributed by atoms with Crippen molar-refractivity contribution >= 4 is 28.8 Å². The van der Waals surface area contributed by atoms with Crippen molar-refractivity contribution in [3.63, 3.8) is 0 Å². The van der Waals surface area contributed by atoms with E-state index < -0.39 is 6.04 Å². The molecule has 0 bridgehead atoms. The number of nitrogens with one attached hydrogen (secondary N) is 1. The van der Waals surface area contributed by atoms with E-state index in [1.54, 1.807) is 0 Å². The first-order valence-electron chi connectivity index (χ1n) is 6.69. The van der Waals surface area contributed by atoms with Gasteiger partial charge in [0.25, 0.3) is 0 Å². The van der Waals surface area contributed by atoms with Gasteiger partial charge in [0.15, 0.2) is 0 Å². The minimum atomic E-state index is -0.489. The fraction of sp³-hybridized carbons (Fsp3) is 0.917. The number of carbonyl (C=O) groups is 1. The predicted octanol–water partition coefficient (Wildman–Crippen LogP) is 1.24. The third-order valence-electron chi connectivity index (χ3n) is 3.38. The van der Waals surface area contributed by atoms with Crippen molar-refractivity contribution in [1.82, 2.24) is 3.53 Å². The van der Waals surface area contributed by atoms with Gasteiger partial charge in [0, 0.05) is 28.9 Å². The number of hydrogen-bond acceptors (Lipinski definition) is 5. The van der Waals surface area contributed by atoms with Crippen LogP contribution in [0.5, 0.6) is 0 Å². The summed E-state index contributed by atoms with van der Waals surface area (Å²) in [5.41, 5.74) is 11.2. The van der Waals surface area contributed by atoms with E-state index in [2.05, 4.69) is 26.4 Å². The normalized spacial score (nSPS) is 25.7. The lowest BCUT2D eigenvalue weighted by Crippen LogP contribution is -2.37. The van der Waals surface area contributed by atoms with Gasteiger partial charge < -0.3 is 16.2 Å². The Morgan fingerprint density at radius 2 is 2.00 bits per heavy atom. The van der Waals surface area contributed by atoms with Crippen molar-refractivity contribution in [3.8, 4) is 0 Å². The van der Waals surface area contributed by atoms with Crippen LogP contribution in [0.15, 0.2) is 0 Å². The third kappa shape index (κ3) is 5.81. The molecular formula is C12H24IN3O2. The minimum Gasteiger partial charge on any atom is -0.461 e. The van der Waals surface area contributed by atoms with E-state index >= 15 is 0 Å². The Balaban J connectivity index is 2.19. The smallest absolute Gasteiger partial charge is 0.323 e. The maximum Gasteiger partial charge on any atom is 0.323 e. The molecular weight excluding hydrogens is 345 g/mol. The highest BCUT2D eigenvalue weighted by atomic mass is 127. The number of hydrogen-bond donors (Lipinski definition) is 3. The molecule has 0 heterocycles. The summed E-state index contributed by atoms with van der Waals surface area (Å²) in [5.74, 6) is -0.252. The first kappa shape index (κ1) is 16.1. The number of rotatable bonds is 7. The van der Waals surface area contributed by atoms with Crippen molar-refractivity contribution in [2.24, 2.45) is 11.5 Å². The van der Waals surface area contributed by atoms with Crippen LogP contribution in [0.1, 0.15) is 44.9 Å². The molecule has 0 unspecified atom stereocenters. The quantitative estimate of drug-likeness (QED) is 0.272. The summed E-state index contributed by atoms with van der Waals surface area (Å²) in [6.45, 7) is 0.648. The molecule has 0 aromatic rings. The van der Waals surface area contributed by atoms with E-state index in [-0.39, 0.29) is 12.1 Å². The first-order chi connectivity index (χ1) is 8.67. The van der Waals surface area contributed by atoms with Gasteiger partial charge in [-0.3, -0.25) is 8.32 Å². The molecule has 5 N–H and O–H groups in total. The molecule has 1 atom stereocenters. The maximum absolute atomic E-state index is 11.8. The molecule has 0 radical (unpaired) electrons. The monoisotopic (exact) mass is 369 g/mol. The average Bonchev–Trinajstić information content (AvgIpc) is 2.39. The van der Waals surface area contributed by atoms with E-state index in [9.17, 15) is 4.79 Å². The van der Waals surface area contributed by atoms with Crippen molar-refractivity contribution in [2.45, 2.75) is 63.1 Å². The molecule has 1 saturated carbocycles. The summed E-state index contributed by atoms with van der Waals surface area (Å²) in [5, 5.41) is 0. The zero-order chi connectivity index (χ0) is 13.4. The Morgan fingerprint density at radius 1 is 1.33 bits per heavy atom. The molecule has 0 saturated heterocycles. The standard InChI is InChI=1S/C12H24IN3O2/c13-16-9-4-6-10(7-5-9)18-12(17)11(15)3-1-2-8-14/h9-11,16H,1-8,14-15H2/t9?,10?,11-/m0/s1. The summed E-state index contributed by atoms with van der Waals surface area (Å²) in [7, 11) is 0. The number of esters is 1. The van der Waals surface area contributed by atoms with Crippen LogP contribution in [0.25, 0.3) is 0 Å². The second-order valence-corrected chi connectivity index (χ2v) is 5.53. The van der Waals surface area contributed by atoms with Crippen molar-refractivity contribution in [1.29, 1.82) is 0 Å². The molecule has 0 spiro atoms. The van der Waals surface area contributed by atoms with Gasteiger partial charge in [0.05, 0.1) is 0 Å². The maximum atomic E-state index is 11.8. The zero-order valence-corrected chi connectivity index (χ0v) is 12.9. The van der Waals surface area contributed by atoms with Crippen LogP contribution < -0.4 is 15.0 Å². The Hall–Kier alpha value is 0.0800. The minimum absolute atomic E-state index is 0.0547. The van der Waals surface area contributed by atoms with Gasteiger partial charge in [-0.1, -0.05) is 6.42 Å². The number of unbranched alkanes of at least 4 members (excludes halogenated alkanes) is 1. The van der Waals surface area contributed by atoms with Crippen LogP contribution in [-0.2, 0) is 9.53 Å². The lowest BCUT2D eigenvalue weighted by molar-refractivity contribution is -0.152. The lowest BCUT2D eigenvalue weighted by atomic mass is 9.93. The molecule has 0 aliphatic heterocycles. The molecule has 106 valence electrons. The van der Waals surface area contributed by atoms with Gasteiger partial charge in [-0.05, 0) is 45.1 Å². The molecule has 1 rings (SSSR count). The van der Waals surface area contributed by atoms with E-state index in [0.717, 1.165) is 38.5 Å². The molecule has 18 heavy (non-hydrogen) atoms. The Labute approximate surface area is 123 Å². The Kier molecular flexibility index (Phi) is 8.12. The molecule has 6 heteroatoms. The number of ether oxygens (including phenoxy) is 1. The molecule has 1 aliphatic rings. The predicted molar refractivity (Wildman–Crippen MR) is 80.2 cm³/mol. The van der Waals surface area contributed by atoms with Crippen molar-refractivity contribution in [3.05, 3.63) is 0 Å². The molecule has 5 nitrogen and oxygen atoms in total. The number of halogens is 1. The molecule has 0 aromatic carbocycles. The molecule has 0 aromatic heterocycles. The van der Waals surface area contributed by atoms with Crippen LogP contribution in [0, 0.1) is 0 Å². The summed E-state index contributed by atoms with van der Waals surface area (Å²) in [4.78, 5) is 11.8. The summed E-state index contributed by atoms with van der Waals surface area (Å²) in [6, 6.07) is 0.0655. The fourth-order valence-electron chi connectivity index (χ4n) is 2.17. The van der Waals surface area contributed by atoms with Gasteiger partial charge in [-0.25, -0.2) is 0 Å². The topological polar surface area (TPSA) is 90.4 Å². The van der Waals surface area contributed by atoms with Crippen LogP contribution in [0.4, 0.5) is 0 Å². The molecule has 1 fully saturated rings. The van der Waals surface area contributed by atoms with Crippen LogP contribution in [-0.4, -0.2) is 30.7 Å². The summed E-state index contributed by atoms with van der Waals surface area (Å²) in [6.07, 6.45) is 6.50. The second kappa shape index (κ2) is 9.06. The number of nitrogens with two attached hydrogens (primary N) is 2. The van der Waals surface area contributed by atoms with Crippen molar-refractivity contribution < 1.29 is 9.53 Å². The van der Waals surface area contributed by atoms with Gasteiger partial charge in [-0.2, -0.15) is 0 Å². The average molecular weight is 369 g/mol. The van der Waals surface area contributed by atoms with Crippen LogP contribution >= 0.6 is 22.9 Å². The Morgan fingerprint density at radius 3 is 2.56 bits per heavy atom. The first-order valence-corrected chi connectivity index (χ1v) is 7.77. The summed E-state index contributed by atoms with van der Waals surface area (Å²) >= 11 is 2.18. The molecule has 1 aliphatic carbocycles. The largest absolute Gasteiger partial charge is 0.461 e. The number of carbonyl (C=O) groups excluding carboxylic acids is 1. The fourth-order valence-corrected chi connectivity index (χ4v) is 2.79. The van der Waals surface area contributed by atoms with E-state index in [1.165, 1.54) is 0 Å². The van der Waals surface area contributed by atoms with Gasteiger partial charge in [0.1, 0.15) is 12.1 Å². The van der Waals surface area contributed by atoms with E-state index in [0.29, 0.717) is 19.0 Å². The van der Waals surface area contributed by atoms with Crippen molar-refractivity contribution in [2.75, 3.05) is 6.54 Å². The summed E-state index contributed by atoms with van der Waals surface area (Å²) < 4.78 is 8.68. The highest BCUT2D eigenvalue weighted by Crippen LogP contribution is 2.22. The zero-order valence-electron chi connectivity index (χ0n) is 10.7. The highest BCUT2D eigenvalue weighted by molar-refractivity contribution is 14.1. The Bertz CT molecular complexity index is 245. The highest BCUT2D eigenvalue weighted by Gasteiger charge is 2.25. The van der Waals surface area contributed by atoms with E-state index in [4.69, 9.17) is 16.2 Å². The van der Waals surface area contributed by atoms with Gasteiger partial charge >= 0.3 is 5.97 Å². The van der Waals surface area contributed by atoms with Crippen LogP contribution in [0.3, 0.4) is 0 Å². The SMILES string of the molecule is NCCCC[C@H](N)C(=O)OC1CCC(NI)CC1. The second-order valence-electron chi connectivity index (χ2n) is 4.91. The van der Waals surface area contributed by atoms with Gasteiger partial charge in [-0.15, -0.1) is 0 Å². The van der Waals surface area contributed by atoms with Crippen LogP contribution in [0.2, 0.25) is 0 Å². The van der Waals surface area contributed by atoms with Gasteiger partial charge in [0.2, 0.25) is 0 Å². The third-order valence-corrected chi connectivity index (χ3v) is 4.26. The van der Waals surface area contributed by atoms with E-state index in [1.807, 2.05) is 0 Å².